The van der Waals surface area contributed by atoms with Gasteiger partial charge in [0, 0.05) is 10.6 Å². The van der Waals surface area contributed by atoms with Gasteiger partial charge in [-0.05, 0) is 42.7 Å². The van der Waals surface area contributed by atoms with Crippen molar-refractivity contribution in [1.82, 2.24) is 10.3 Å². The number of methoxy groups -OCH3 is 1. The maximum atomic E-state index is 12.8. The summed E-state index contributed by atoms with van der Waals surface area (Å²) in [6.07, 6.45) is 4.35. The number of nitrogens with zero attached hydrogens (tertiary/aromatic N) is 1. The molecule has 6 nitrogen and oxygen atoms in total. The second kappa shape index (κ2) is 8.61. The Bertz CT molecular complexity index is 876. The molecule has 2 N–H and O–H groups in total. The van der Waals surface area contributed by atoms with Crippen molar-refractivity contribution in [1.29, 1.82) is 0 Å². The number of halogens is 1. The van der Waals surface area contributed by atoms with Crippen molar-refractivity contribution < 1.29 is 19.4 Å². The minimum atomic E-state index is -1.24. The SMILES string of the molecule is COc1nc(C(=O)NC2(C(=O)O)CCCCCC2)ccc1-c1cccc(Cl)c1. The highest BCUT2D eigenvalue weighted by molar-refractivity contribution is 6.30. The lowest BCUT2D eigenvalue weighted by atomic mass is 9.90. The molecule has 1 aliphatic rings. The van der Waals surface area contributed by atoms with Crippen molar-refractivity contribution in [3.8, 4) is 17.0 Å². The van der Waals surface area contributed by atoms with Crippen molar-refractivity contribution in [3.05, 3.63) is 47.1 Å². The summed E-state index contributed by atoms with van der Waals surface area (Å²) in [6, 6.07) is 10.5. The second-order valence-electron chi connectivity index (χ2n) is 7.02. The number of carbonyl (C=O) groups excluding carboxylic acids is 1. The zero-order chi connectivity index (χ0) is 20.1. The molecule has 28 heavy (non-hydrogen) atoms. The number of amides is 1. The molecule has 1 aliphatic carbocycles. The van der Waals surface area contributed by atoms with E-state index in [-0.39, 0.29) is 11.6 Å². The van der Waals surface area contributed by atoms with Gasteiger partial charge in [0.15, 0.2) is 0 Å². The molecule has 0 aliphatic heterocycles. The van der Waals surface area contributed by atoms with E-state index in [1.807, 2.05) is 12.1 Å². The summed E-state index contributed by atoms with van der Waals surface area (Å²) in [5, 5.41) is 13.1. The Balaban J connectivity index is 1.88. The molecular formula is C21H23ClN2O4. The minimum Gasteiger partial charge on any atom is -0.481 e. The van der Waals surface area contributed by atoms with Crippen LogP contribution in [0.5, 0.6) is 5.88 Å². The lowest BCUT2D eigenvalue weighted by molar-refractivity contribution is -0.145. The number of benzene rings is 1. The van der Waals surface area contributed by atoms with Crippen LogP contribution >= 0.6 is 11.6 Å². The minimum absolute atomic E-state index is 0.118. The third-order valence-electron chi connectivity index (χ3n) is 5.14. The summed E-state index contributed by atoms with van der Waals surface area (Å²) < 4.78 is 5.36. The Morgan fingerprint density at radius 2 is 1.86 bits per heavy atom. The normalized spacial score (nSPS) is 16.1. The second-order valence-corrected chi connectivity index (χ2v) is 7.46. The van der Waals surface area contributed by atoms with Gasteiger partial charge in [-0.1, -0.05) is 49.4 Å². The Labute approximate surface area is 168 Å². The van der Waals surface area contributed by atoms with Crippen LogP contribution in [0.15, 0.2) is 36.4 Å². The first kappa shape index (κ1) is 20.1. The average molecular weight is 403 g/mol. The van der Waals surface area contributed by atoms with E-state index in [1.165, 1.54) is 7.11 Å². The average Bonchev–Trinajstić information content (AvgIpc) is 2.94. The first-order chi connectivity index (χ1) is 13.4. The van der Waals surface area contributed by atoms with Crippen molar-refractivity contribution in [2.45, 2.75) is 44.1 Å². The number of aliphatic carboxylic acids is 1. The van der Waals surface area contributed by atoms with E-state index in [9.17, 15) is 14.7 Å². The fraction of sp³-hybridized carbons (Fsp3) is 0.381. The van der Waals surface area contributed by atoms with Gasteiger partial charge < -0.3 is 15.2 Å². The fourth-order valence-electron chi connectivity index (χ4n) is 3.60. The predicted octanol–water partition coefficient (Wildman–Crippen LogP) is 4.32. The van der Waals surface area contributed by atoms with Crippen molar-refractivity contribution in [2.24, 2.45) is 0 Å². The summed E-state index contributed by atoms with van der Waals surface area (Å²) in [6.45, 7) is 0. The molecule has 1 aromatic heterocycles. The van der Waals surface area contributed by atoms with Crippen LogP contribution < -0.4 is 10.1 Å². The lowest BCUT2D eigenvalue weighted by Gasteiger charge is -2.29. The van der Waals surface area contributed by atoms with Crippen LogP contribution in [0.1, 0.15) is 49.0 Å². The maximum absolute atomic E-state index is 12.8. The van der Waals surface area contributed by atoms with E-state index in [2.05, 4.69) is 10.3 Å². The molecule has 0 atom stereocenters. The predicted molar refractivity (Wildman–Crippen MR) is 107 cm³/mol. The van der Waals surface area contributed by atoms with Gasteiger partial charge in [0.2, 0.25) is 5.88 Å². The number of pyridine rings is 1. The highest BCUT2D eigenvalue weighted by atomic mass is 35.5. The number of nitrogens with one attached hydrogen (secondary N) is 1. The third kappa shape index (κ3) is 4.28. The lowest BCUT2D eigenvalue weighted by Crippen LogP contribution is -2.54. The molecule has 1 heterocycles. The number of rotatable bonds is 5. The molecule has 2 aromatic rings. The third-order valence-corrected chi connectivity index (χ3v) is 5.38. The smallest absolute Gasteiger partial charge is 0.329 e. The molecule has 0 bridgehead atoms. The van der Waals surface area contributed by atoms with Crippen LogP contribution in [0.2, 0.25) is 5.02 Å². The van der Waals surface area contributed by atoms with Gasteiger partial charge in [-0.15, -0.1) is 0 Å². The summed E-state index contributed by atoms with van der Waals surface area (Å²) >= 11 is 6.06. The van der Waals surface area contributed by atoms with Crippen molar-refractivity contribution in [3.63, 3.8) is 0 Å². The highest BCUT2D eigenvalue weighted by Crippen LogP contribution is 2.31. The van der Waals surface area contributed by atoms with Gasteiger partial charge in [0.05, 0.1) is 7.11 Å². The highest BCUT2D eigenvalue weighted by Gasteiger charge is 2.40. The summed E-state index contributed by atoms with van der Waals surface area (Å²) in [5.74, 6) is -1.23. The van der Waals surface area contributed by atoms with Gasteiger partial charge in [-0.25, -0.2) is 9.78 Å². The van der Waals surface area contributed by atoms with E-state index in [4.69, 9.17) is 16.3 Å². The van der Waals surface area contributed by atoms with E-state index >= 15 is 0 Å². The molecule has 1 saturated carbocycles. The molecule has 1 amide bonds. The molecule has 1 fully saturated rings. The summed E-state index contributed by atoms with van der Waals surface area (Å²) in [4.78, 5) is 29.0. The Kier molecular flexibility index (Phi) is 6.19. The maximum Gasteiger partial charge on any atom is 0.329 e. The Hall–Kier alpha value is -2.60. The van der Waals surface area contributed by atoms with Gasteiger partial charge in [-0.2, -0.15) is 0 Å². The first-order valence-electron chi connectivity index (χ1n) is 9.32. The largest absolute Gasteiger partial charge is 0.481 e. The van der Waals surface area contributed by atoms with Gasteiger partial charge in [0.1, 0.15) is 11.2 Å². The quantitative estimate of drug-likeness (QED) is 0.727. The van der Waals surface area contributed by atoms with Gasteiger partial charge in [-0.3, -0.25) is 4.79 Å². The molecule has 0 saturated heterocycles. The zero-order valence-corrected chi connectivity index (χ0v) is 16.5. The Morgan fingerprint density at radius 3 is 2.46 bits per heavy atom. The summed E-state index contributed by atoms with van der Waals surface area (Å²) in [7, 11) is 1.47. The molecule has 0 spiro atoms. The molecule has 3 rings (SSSR count). The van der Waals surface area contributed by atoms with E-state index < -0.39 is 17.4 Å². The number of carbonyl (C=O) groups is 2. The van der Waals surface area contributed by atoms with E-state index in [0.717, 1.165) is 31.2 Å². The van der Waals surface area contributed by atoms with Crippen LogP contribution in [-0.4, -0.2) is 34.6 Å². The topological polar surface area (TPSA) is 88.5 Å². The van der Waals surface area contributed by atoms with Gasteiger partial charge >= 0.3 is 5.97 Å². The Morgan fingerprint density at radius 1 is 1.14 bits per heavy atom. The number of hydrogen-bond acceptors (Lipinski definition) is 4. The fourth-order valence-corrected chi connectivity index (χ4v) is 3.79. The number of carboxylic acid groups (broad SMARTS) is 1. The first-order valence-corrected chi connectivity index (χ1v) is 9.70. The number of ether oxygens (including phenoxy) is 1. The molecular weight excluding hydrogens is 380 g/mol. The van der Waals surface area contributed by atoms with Crippen LogP contribution in [0.25, 0.3) is 11.1 Å². The molecule has 7 heteroatoms. The number of aromatic nitrogens is 1. The van der Waals surface area contributed by atoms with Crippen molar-refractivity contribution >= 4 is 23.5 Å². The standard InChI is InChI=1S/C21H23ClN2O4/c1-28-19-16(14-7-6-8-15(22)13-14)9-10-17(23-19)18(25)24-21(20(26)27)11-4-2-3-5-12-21/h6-10,13H,2-5,11-12H2,1H3,(H,24,25)(H,26,27). The van der Waals surface area contributed by atoms with Crippen molar-refractivity contribution in [2.75, 3.05) is 7.11 Å². The van der Waals surface area contributed by atoms with Crippen LogP contribution in [0, 0.1) is 0 Å². The summed E-state index contributed by atoms with van der Waals surface area (Å²) in [5.41, 5.74) is 0.389. The zero-order valence-electron chi connectivity index (χ0n) is 15.7. The van der Waals surface area contributed by atoms with E-state index in [1.54, 1.807) is 24.3 Å². The van der Waals surface area contributed by atoms with Crippen LogP contribution in [0.3, 0.4) is 0 Å². The van der Waals surface area contributed by atoms with Crippen LogP contribution in [-0.2, 0) is 4.79 Å². The molecule has 0 radical (unpaired) electrons. The molecule has 1 aromatic carbocycles. The number of hydrogen-bond donors (Lipinski definition) is 2. The van der Waals surface area contributed by atoms with E-state index in [0.29, 0.717) is 23.4 Å². The van der Waals surface area contributed by atoms with Crippen LogP contribution in [0.4, 0.5) is 0 Å². The monoisotopic (exact) mass is 402 g/mol. The number of carboxylic acids is 1. The molecule has 0 unspecified atom stereocenters. The van der Waals surface area contributed by atoms with Gasteiger partial charge in [0.25, 0.3) is 5.91 Å². The molecule has 148 valence electrons.